The van der Waals surface area contributed by atoms with Crippen LogP contribution in [0.4, 0.5) is 10.5 Å². The fourth-order valence-corrected chi connectivity index (χ4v) is 2.54. The van der Waals surface area contributed by atoms with Gasteiger partial charge in [0.1, 0.15) is 0 Å². The van der Waals surface area contributed by atoms with Crippen molar-refractivity contribution in [2.75, 3.05) is 5.32 Å². The first-order valence-electron chi connectivity index (χ1n) is 7.19. The van der Waals surface area contributed by atoms with E-state index in [-0.39, 0.29) is 6.03 Å². The van der Waals surface area contributed by atoms with Crippen LogP contribution in [0.25, 0.3) is 11.4 Å². The second-order valence-corrected chi connectivity index (χ2v) is 5.29. The Hall–Kier alpha value is -2.37. The van der Waals surface area contributed by atoms with E-state index in [1.165, 1.54) is 12.8 Å². The second-order valence-electron chi connectivity index (χ2n) is 5.29. The lowest BCUT2D eigenvalue weighted by molar-refractivity contribution is 0.248. The summed E-state index contributed by atoms with van der Waals surface area (Å²) in [7, 11) is 0. The van der Waals surface area contributed by atoms with Crippen molar-refractivity contribution in [2.45, 2.75) is 38.6 Å². The number of nitrogens with one attached hydrogen (secondary N) is 2. The molecule has 1 fully saturated rings. The first-order chi connectivity index (χ1) is 10.2. The van der Waals surface area contributed by atoms with Crippen molar-refractivity contribution >= 4 is 11.7 Å². The fraction of sp³-hybridized carbons (Fsp3) is 0.400. The van der Waals surface area contributed by atoms with Crippen molar-refractivity contribution in [3.8, 4) is 11.4 Å². The van der Waals surface area contributed by atoms with E-state index in [2.05, 4.69) is 20.8 Å². The molecule has 0 aliphatic heterocycles. The Morgan fingerprint density at radius 2 is 1.95 bits per heavy atom. The van der Waals surface area contributed by atoms with E-state index in [0.29, 0.717) is 17.8 Å². The zero-order valence-electron chi connectivity index (χ0n) is 11.9. The van der Waals surface area contributed by atoms with Crippen LogP contribution < -0.4 is 10.6 Å². The molecule has 1 aromatic heterocycles. The standard InChI is InChI=1S/C15H18N4O2/c1-10-16-14(19-21-10)11-6-8-13(9-7-11)18-15(20)17-12-4-2-3-5-12/h6-9,12H,2-5H2,1H3,(H2,17,18,20). The van der Waals surface area contributed by atoms with Gasteiger partial charge >= 0.3 is 6.03 Å². The molecular weight excluding hydrogens is 268 g/mol. The molecule has 3 rings (SSSR count). The van der Waals surface area contributed by atoms with Gasteiger partial charge in [-0.3, -0.25) is 0 Å². The molecule has 6 heteroatoms. The number of hydrogen-bond donors (Lipinski definition) is 2. The molecule has 1 heterocycles. The quantitative estimate of drug-likeness (QED) is 0.908. The third kappa shape index (κ3) is 3.39. The number of aromatic nitrogens is 2. The minimum absolute atomic E-state index is 0.148. The summed E-state index contributed by atoms with van der Waals surface area (Å²) in [4.78, 5) is 16.0. The van der Waals surface area contributed by atoms with Crippen LogP contribution in [-0.4, -0.2) is 22.2 Å². The number of nitrogens with zero attached hydrogens (tertiary/aromatic N) is 2. The molecule has 0 radical (unpaired) electrons. The highest BCUT2D eigenvalue weighted by atomic mass is 16.5. The van der Waals surface area contributed by atoms with Crippen LogP contribution >= 0.6 is 0 Å². The Labute approximate surface area is 122 Å². The Bertz CT molecular complexity index is 615. The van der Waals surface area contributed by atoms with Crippen LogP contribution in [0.15, 0.2) is 28.8 Å². The lowest BCUT2D eigenvalue weighted by Gasteiger charge is -2.13. The number of hydrogen-bond acceptors (Lipinski definition) is 4. The number of carbonyl (C=O) groups is 1. The maximum absolute atomic E-state index is 11.9. The van der Waals surface area contributed by atoms with Crippen LogP contribution in [0, 0.1) is 6.92 Å². The highest BCUT2D eigenvalue weighted by molar-refractivity contribution is 5.89. The molecule has 1 aliphatic carbocycles. The first-order valence-corrected chi connectivity index (χ1v) is 7.19. The largest absolute Gasteiger partial charge is 0.339 e. The molecule has 1 aromatic carbocycles. The highest BCUT2D eigenvalue weighted by Crippen LogP contribution is 2.20. The summed E-state index contributed by atoms with van der Waals surface area (Å²) in [6.07, 6.45) is 4.54. The maximum atomic E-state index is 11.9. The zero-order valence-corrected chi connectivity index (χ0v) is 11.9. The average molecular weight is 286 g/mol. The van der Waals surface area contributed by atoms with Gasteiger partial charge in [-0.2, -0.15) is 4.98 Å². The Morgan fingerprint density at radius 1 is 1.24 bits per heavy atom. The van der Waals surface area contributed by atoms with Crippen molar-refractivity contribution in [3.63, 3.8) is 0 Å². The van der Waals surface area contributed by atoms with Gasteiger partial charge in [-0.1, -0.05) is 18.0 Å². The van der Waals surface area contributed by atoms with Gasteiger partial charge in [0, 0.05) is 24.2 Å². The van der Waals surface area contributed by atoms with Gasteiger partial charge in [0.25, 0.3) is 0 Å². The van der Waals surface area contributed by atoms with E-state index in [1.807, 2.05) is 24.3 Å². The molecule has 2 amide bonds. The summed E-state index contributed by atoms with van der Waals surface area (Å²) >= 11 is 0. The van der Waals surface area contributed by atoms with E-state index < -0.39 is 0 Å². The topological polar surface area (TPSA) is 80.0 Å². The molecule has 2 aromatic rings. The van der Waals surface area contributed by atoms with Gasteiger partial charge in [0.05, 0.1) is 0 Å². The van der Waals surface area contributed by atoms with Crippen molar-refractivity contribution in [3.05, 3.63) is 30.2 Å². The van der Waals surface area contributed by atoms with Gasteiger partial charge in [-0.05, 0) is 37.1 Å². The summed E-state index contributed by atoms with van der Waals surface area (Å²) in [5, 5.41) is 9.68. The fourth-order valence-electron chi connectivity index (χ4n) is 2.54. The predicted octanol–water partition coefficient (Wildman–Crippen LogP) is 3.11. The van der Waals surface area contributed by atoms with E-state index in [1.54, 1.807) is 6.92 Å². The van der Waals surface area contributed by atoms with E-state index in [9.17, 15) is 4.79 Å². The van der Waals surface area contributed by atoms with Gasteiger partial charge in [0.15, 0.2) is 0 Å². The molecule has 110 valence electrons. The molecule has 0 bridgehead atoms. The summed E-state index contributed by atoms with van der Waals surface area (Å²) in [6.45, 7) is 1.75. The molecule has 2 N–H and O–H groups in total. The molecule has 6 nitrogen and oxygen atoms in total. The minimum atomic E-state index is -0.148. The number of aryl methyl sites for hydroxylation is 1. The highest BCUT2D eigenvalue weighted by Gasteiger charge is 2.16. The Morgan fingerprint density at radius 3 is 2.57 bits per heavy atom. The van der Waals surface area contributed by atoms with E-state index in [4.69, 9.17) is 4.52 Å². The van der Waals surface area contributed by atoms with E-state index in [0.717, 1.165) is 24.1 Å². The SMILES string of the molecule is Cc1nc(-c2ccc(NC(=O)NC3CCCC3)cc2)no1. The van der Waals surface area contributed by atoms with Crippen molar-refractivity contribution < 1.29 is 9.32 Å². The lowest BCUT2D eigenvalue weighted by Crippen LogP contribution is -2.36. The summed E-state index contributed by atoms with van der Waals surface area (Å²) in [5.41, 5.74) is 1.60. The predicted molar refractivity (Wildman–Crippen MR) is 78.9 cm³/mol. The number of benzene rings is 1. The van der Waals surface area contributed by atoms with Crippen LogP contribution in [0.1, 0.15) is 31.6 Å². The van der Waals surface area contributed by atoms with Gasteiger partial charge in [-0.25, -0.2) is 4.79 Å². The third-order valence-electron chi connectivity index (χ3n) is 3.62. The molecule has 0 saturated heterocycles. The van der Waals surface area contributed by atoms with Crippen LogP contribution in [0.3, 0.4) is 0 Å². The summed E-state index contributed by atoms with van der Waals surface area (Å²) < 4.78 is 4.95. The lowest BCUT2D eigenvalue weighted by atomic mass is 10.2. The first kappa shape index (κ1) is 13.6. The number of rotatable bonds is 3. The Balaban J connectivity index is 1.60. The molecule has 0 spiro atoms. The number of anilines is 1. The van der Waals surface area contributed by atoms with E-state index >= 15 is 0 Å². The maximum Gasteiger partial charge on any atom is 0.319 e. The Kier molecular flexibility index (Phi) is 3.85. The normalized spacial score (nSPS) is 15.1. The smallest absolute Gasteiger partial charge is 0.319 e. The number of amides is 2. The van der Waals surface area contributed by atoms with Gasteiger partial charge in [0.2, 0.25) is 11.7 Å². The van der Waals surface area contributed by atoms with Crippen LogP contribution in [-0.2, 0) is 0 Å². The molecule has 0 atom stereocenters. The number of urea groups is 1. The second kappa shape index (κ2) is 5.95. The van der Waals surface area contributed by atoms with Crippen molar-refractivity contribution in [2.24, 2.45) is 0 Å². The molecular formula is C15H18N4O2. The summed E-state index contributed by atoms with van der Waals surface area (Å²) in [6, 6.07) is 7.53. The molecule has 21 heavy (non-hydrogen) atoms. The van der Waals surface area contributed by atoms with Gasteiger partial charge < -0.3 is 15.2 Å². The third-order valence-corrected chi connectivity index (χ3v) is 3.62. The molecule has 0 unspecified atom stereocenters. The number of carbonyl (C=O) groups excluding carboxylic acids is 1. The van der Waals surface area contributed by atoms with Crippen LogP contribution in [0.2, 0.25) is 0 Å². The summed E-state index contributed by atoms with van der Waals surface area (Å²) in [5.74, 6) is 1.08. The zero-order chi connectivity index (χ0) is 14.7. The van der Waals surface area contributed by atoms with Crippen molar-refractivity contribution in [1.29, 1.82) is 0 Å². The monoisotopic (exact) mass is 286 g/mol. The molecule has 1 saturated carbocycles. The van der Waals surface area contributed by atoms with Crippen molar-refractivity contribution in [1.82, 2.24) is 15.5 Å². The van der Waals surface area contributed by atoms with Crippen LogP contribution in [0.5, 0.6) is 0 Å². The minimum Gasteiger partial charge on any atom is -0.339 e. The molecule has 1 aliphatic rings. The average Bonchev–Trinajstić information content (AvgIpc) is 3.11. The van der Waals surface area contributed by atoms with Gasteiger partial charge in [-0.15, -0.1) is 0 Å².